The van der Waals surface area contributed by atoms with Gasteiger partial charge in [0.05, 0.1) is 22.7 Å². The third kappa shape index (κ3) is 8.40. The monoisotopic (exact) mass is 689 g/mol. The maximum absolute atomic E-state index is 14.2. The summed E-state index contributed by atoms with van der Waals surface area (Å²) in [6, 6.07) is 13.4. The summed E-state index contributed by atoms with van der Waals surface area (Å²) < 4.78 is 1.53. The number of rotatable bonds is 9. The van der Waals surface area contributed by atoms with E-state index in [9.17, 15) is 14.4 Å². The molecule has 6 rings (SSSR count). The number of nitrogens with zero attached hydrogens (tertiary/aromatic N) is 5. The maximum atomic E-state index is 14.2. The highest BCUT2D eigenvalue weighted by Crippen LogP contribution is 2.34. The van der Waals surface area contributed by atoms with Gasteiger partial charge in [-0.3, -0.25) is 14.6 Å². The molecule has 49 heavy (non-hydrogen) atoms. The van der Waals surface area contributed by atoms with Crippen molar-refractivity contribution < 1.29 is 9.59 Å². The molecule has 2 amide bonds. The number of nitrogens with one attached hydrogen (secondary N) is 1. The number of nitrogens with two attached hydrogens (primary N) is 1. The van der Waals surface area contributed by atoms with Crippen LogP contribution in [0.2, 0.25) is 5.02 Å². The topological polar surface area (TPSA) is 121 Å². The molecule has 3 aliphatic heterocycles. The Hall–Kier alpha value is -3.63. The summed E-state index contributed by atoms with van der Waals surface area (Å²) in [6.07, 6.45) is 8.39. The van der Waals surface area contributed by atoms with Gasteiger partial charge in [-0.2, -0.15) is 0 Å². The van der Waals surface area contributed by atoms with Crippen LogP contribution in [0.15, 0.2) is 47.3 Å². The minimum atomic E-state index is -0.486. The zero-order chi connectivity index (χ0) is 34.5. The summed E-state index contributed by atoms with van der Waals surface area (Å²) in [7, 11) is 2.22. The van der Waals surface area contributed by atoms with E-state index in [1.54, 1.807) is 0 Å². The van der Waals surface area contributed by atoms with Crippen LogP contribution < -0.4 is 11.4 Å². The van der Waals surface area contributed by atoms with E-state index in [0.717, 1.165) is 61.5 Å². The summed E-state index contributed by atoms with van der Waals surface area (Å²) in [5.41, 5.74) is 9.33. The van der Waals surface area contributed by atoms with Crippen LogP contribution in [0.25, 0.3) is 11.4 Å². The molecule has 3 fully saturated rings. The highest BCUT2D eigenvalue weighted by atomic mass is 35.5. The van der Waals surface area contributed by atoms with Crippen molar-refractivity contribution in [1.82, 2.24) is 29.5 Å². The van der Waals surface area contributed by atoms with E-state index in [4.69, 9.17) is 17.3 Å². The molecule has 1 unspecified atom stereocenters. The molecule has 0 bridgehead atoms. The second-order valence-electron chi connectivity index (χ2n) is 14.5. The Morgan fingerprint density at radius 2 is 1.61 bits per heavy atom. The number of halogens is 1. The van der Waals surface area contributed by atoms with Crippen LogP contribution in [0, 0.1) is 17.8 Å². The van der Waals surface area contributed by atoms with E-state index < -0.39 is 5.92 Å². The highest BCUT2D eigenvalue weighted by molar-refractivity contribution is 6.33. The van der Waals surface area contributed by atoms with Gasteiger partial charge in [0.2, 0.25) is 11.8 Å². The number of aryl methyl sites for hydroxylation is 1. The van der Waals surface area contributed by atoms with Gasteiger partial charge in [-0.1, -0.05) is 54.9 Å². The second-order valence-corrected chi connectivity index (χ2v) is 14.9. The van der Waals surface area contributed by atoms with Gasteiger partial charge in [-0.15, -0.1) is 5.10 Å². The molecule has 3 saturated heterocycles. The van der Waals surface area contributed by atoms with Crippen molar-refractivity contribution in [3.05, 3.63) is 69.1 Å². The number of benzene rings is 2. The Balaban J connectivity index is 1.11. The molecule has 1 aromatic heterocycles. The van der Waals surface area contributed by atoms with Crippen LogP contribution in [-0.2, 0) is 22.4 Å². The molecule has 0 saturated carbocycles. The number of amides is 2. The molecule has 11 heteroatoms. The lowest BCUT2D eigenvalue weighted by Gasteiger charge is -2.38. The summed E-state index contributed by atoms with van der Waals surface area (Å²) >= 11 is 6.53. The van der Waals surface area contributed by atoms with Crippen LogP contribution in [0.5, 0.6) is 0 Å². The number of anilines is 1. The number of hydrogen-bond donors (Lipinski definition) is 2. The number of carbonyl (C=O) groups excluding carboxylic acids is 2. The van der Waals surface area contributed by atoms with Gasteiger partial charge in [0.15, 0.2) is 5.82 Å². The van der Waals surface area contributed by atoms with Crippen molar-refractivity contribution in [3.63, 3.8) is 0 Å². The summed E-state index contributed by atoms with van der Waals surface area (Å²) in [4.78, 5) is 50.1. The minimum Gasteiger partial charge on any atom is -0.397 e. The van der Waals surface area contributed by atoms with E-state index in [1.165, 1.54) is 30.5 Å². The molecule has 10 nitrogen and oxygen atoms in total. The van der Waals surface area contributed by atoms with Crippen molar-refractivity contribution in [1.29, 1.82) is 0 Å². The fraction of sp³-hybridized carbons (Fsp3) is 0.579. The zero-order valence-electron chi connectivity index (χ0n) is 29.1. The molecule has 3 aromatic rings. The van der Waals surface area contributed by atoms with E-state index in [-0.39, 0.29) is 30.0 Å². The standard InChI is InChI=1S/C38H52ClN7O3/c1-3-27-22-26(24-33(39)35(27)40)23-31(37(48)45-18-12-29(13-19-45)28-10-7-16-43(2)17-11-28)25-34(47)44-20-14-32(15-21-44)46-38(49)41-36(42-46)30-8-5-4-6-9-30/h4-6,8-9,22,24,28-29,31-32H,3,7,10-21,23,25,40H2,1-2H3,(H,41,42,49)/t28?,31-/m0/s1. The van der Waals surface area contributed by atoms with Gasteiger partial charge in [0.1, 0.15) is 0 Å². The van der Waals surface area contributed by atoms with Crippen LogP contribution in [-0.4, -0.2) is 87.6 Å². The Morgan fingerprint density at radius 1 is 0.939 bits per heavy atom. The average Bonchev–Trinajstić information content (AvgIpc) is 3.38. The number of hydrogen-bond acceptors (Lipinski definition) is 6. The van der Waals surface area contributed by atoms with Crippen molar-refractivity contribution in [3.8, 4) is 11.4 Å². The quantitative estimate of drug-likeness (QED) is 0.290. The molecule has 2 aromatic carbocycles. The minimum absolute atomic E-state index is 0.0223. The Kier molecular flexibility index (Phi) is 11.4. The lowest BCUT2D eigenvalue weighted by atomic mass is 9.80. The predicted octanol–water partition coefficient (Wildman–Crippen LogP) is 5.42. The smallest absolute Gasteiger partial charge is 0.343 e. The van der Waals surface area contributed by atoms with Crippen LogP contribution >= 0.6 is 11.6 Å². The Morgan fingerprint density at radius 3 is 2.33 bits per heavy atom. The van der Waals surface area contributed by atoms with E-state index >= 15 is 0 Å². The number of likely N-dealkylation sites (tertiary alicyclic amines) is 3. The van der Waals surface area contributed by atoms with Gasteiger partial charge >= 0.3 is 5.69 Å². The first kappa shape index (κ1) is 35.2. The molecule has 3 N–H and O–H groups in total. The number of carbonyl (C=O) groups is 2. The molecule has 4 heterocycles. The zero-order valence-corrected chi connectivity index (χ0v) is 29.8. The lowest BCUT2D eigenvalue weighted by Crippen LogP contribution is -2.46. The summed E-state index contributed by atoms with van der Waals surface area (Å²) in [6.45, 7) is 6.89. The van der Waals surface area contributed by atoms with Crippen molar-refractivity contribution in [2.75, 3.05) is 52.0 Å². The largest absolute Gasteiger partial charge is 0.397 e. The van der Waals surface area contributed by atoms with Crippen molar-refractivity contribution >= 4 is 29.1 Å². The predicted molar refractivity (Wildman–Crippen MR) is 194 cm³/mol. The van der Waals surface area contributed by atoms with E-state index in [0.29, 0.717) is 54.8 Å². The molecule has 0 radical (unpaired) electrons. The SMILES string of the molecule is CCc1cc(C[C@@H](CC(=O)N2CCC(n3nc(-c4ccccc4)[nH]c3=O)CC2)C(=O)N2CCC(C3CCCN(C)CC3)CC2)cc(Cl)c1N. The molecule has 0 aliphatic carbocycles. The maximum Gasteiger partial charge on any atom is 0.343 e. The van der Waals surface area contributed by atoms with Crippen molar-refractivity contribution in [2.24, 2.45) is 17.8 Å². The third-order valence-corrected chi connectivity index (χ3v) is 11.6. The fourth-order valence-electron chi connectivity index (χ4n) is 8.28. The van der Waals surface area contributed by atoms with Gasteiger partial charge in [-0.25, -0.2) is 9.48 Å². The first-order chi connectivity index (χ1) is 23.7. The molecular weight excluding hydrogens is 638 g/mol. The molecule has 264 valence electrons. The van der Waals surface area contributed by atoms with E-state index in [1.807, 2.05) is 59.2 Å². The highest BCUT2D eigenvalue weighted by Gasteiger charge is 2.35. The third-order valence-electron chi connectivity index (χ3n) is 11.3. The normalized spacial score (nSPS) is 20.7. The van der Waals surface area contributed by atoms with Crippen molar-refractivity contribution in [2.45, 2.75) is 77.2 Å². The van der Waals surface area contributed by atoms with E-state index in [2.05, 4.69) is 22.0 Å². The first-order valence-corrected chi connectivity index (χ1v) is 18.6. The molecule has 3 aliphatic rings. The van der Waals surface area contributed by atoms with Crippen LogP contribution in [0.1, 0.15) is 75.5 Å². The molecule has 2 atom stereocenters. The summed E-state index contributed by atoms with van der Waals surface area (Å²) in [5, 5.41) is 5.08. The second kappa shape index (κ2) is 15.9. The number of nitrogen functional groups attached to an aromatic ring is 1. The Labute approximate surface area is 295 Å². The number of piperidine rings is 2. The van der Waals surface area contributed by atoms with Gasteiger partial charge in [-0.05, 0) is 107 Å². The van der Waals surface area contributed by atoms with Gasteiger partial charge in [0, 0.05) is 38.2 Å². The molecule has 0 spiro atoms. The Bertz CT molecular complexity index is 1640. The van der Waals surface area contributed by atoms with Crippen LogP contribution in [0.3, 0.4) is 0 Å². The fourth-order valence-corrected chi connectivity index (χ4v) is 8.54. The number of aromatic amines is 1. The average molecular weight is 690 g/mol. The summed E-state index contributed by atoms with van der Waals surface area (Å²) in [5.74, 6) is 1.49. The van der Waals surface area contributed by atoms with Gasteiger partial charge in [0.25, 0.3) is 0 Å². The van der Waals surface area contributed by atoms with Gasteiger partial charge < -0.3 is 20.4 Å². The number of H-pyrrole nitrogens is 1. The lowest BCUT2D eigenvalue weighted by molar-refractivity contribution is -0.143. The molecular formula is C38H52ClN7O3. The number of aromatic nitrogens is 3. The van der Waals surface area contributed by atoms with Crippen LogP contribution in [0.4, 0.5) is 5.69 Å². The first-order valence-electron chi connectivity index (χ1n) is 18.3.